The van der Waals surface area contributed by atoms with Crippen molar-refractivity contribution in [1.29, 1.82) is 0 Å². The molecule has 0 radical (unpaired) electrons. The Morgan fingerprint density at radius 3 is 1.53 bits per heavy atom. The van der Waals surface area contributed by atoms with Crippen LogP contribution >= 0.6 is 11.6 Å². The maximum absolute atomic E-state index is 9.67. The fraction of sp³-hybridized carbons (Fsp3) is 0.283. The lowest BCUT2D eigenvalue weighted by molar-refractivity contribution is -0.0000139. The number of nitrogens with zero attached hydrogens (tertiary/aromatic N) is 3. The van der Waals surface area contributed by atoms with Crippen molar-refractivity contribution in [2.24, 2.45) is 0 Å². The average Bonchev–Trinajstić information content (AvgIpc) is 3.71. The normalized spacial score (nSPS) is 19.4. The number of aryl methyl sites for hydroxylation is 1. The Labute approximate surface area is 330 Å². The lowest BCUT2D eigenvalue weighted by Crippen LogP contribution is -3.00. The first kappa shape index (κ1) is 41.4. The van der Waals surface area contributed by atoms with Gasteiger partial charge in [-0.1, -0.05) is 106 Å². The average molecular weight is 769 g/mol. The van der Waals surface area contributed by atoms with Gasteiger partial charge in [-0.05, 0) is 81.2 Å². The van der Waals surface area contributed by atoms with Crippen LogP contribution in [0.15, 0.2) is 144 Å². The standard InChI is InChI=1S/C46H49ClN3.BF3.FH.H2/c1-8-48-40-26-20-32(3)30-38(40)45(4,5)42(48)28-23-33-21-22-34(44(33)50(36-16-12-10-13-17-36)37-18-14-11-15-19-37)24-29-43-46(6,7)39-31-35(47)25-27-41(39)49(43)9-2;2-1(3)4;;/h10-20,23-31H,8-9,21-22H2,1-7H3;;2*1H/q+1;;;/p-1/i;;;1+1. The molecule has 0 bridgehead atoms. The highest BCUT2D eigenvalue weighted by Gasteiger charge is 2.41. The molecule has 7 rings (SSSR count). The molecule has 2 heterocycles. The lowest BCUT2D eigenvalue weighted by Gasteiger charge is -2.26. The quantitative estimate of drug-likeness (QED) is 0.110. The first-order valence-corrected chi connectivity index (χ1v) is 19.2. The van der Waals surface area contributed by atoms with Crippen LogP contribution in [0.2, 0.25) is 5.02 Å². The Kier molecular flexibility index (Phi) is 12.7. The van der Waals surface area contributed by atoms with Gasteiger partial charge in [0, 0.05) is 88.5 Å². The lowest BCUT2D eigenvalue weighted by atomic mass is 9.83. The van der Waals surface area contributed by atoms with E-state index in [9.17, 15) is 12.9 Å². The summed E-state index contributed by atoms with van der Waals surface area (Å²) in [4.78, 5) is 4.95. The van der Waals surface area contributed by atoms with Crippen LogP contribution in [-0.4, -0.2) is 26.3 Å². The molecule has 1 fully saturated rings. The van der Waals surface area contributed by atoms with E-state index in [0.717, 1.165) is 42.3 Å². The molecule has 0 N–H and O–H groups in total. The first-order valence-electron chi connectivity index (χ1n) is 18.8. The minimum atomic E-state index is -3.67. The van der Waals surface area contributed by atoms with E-state index in [4.69, 9.17) is 11.6 Å². The Balaban J connectivity index is 0.00000111. The molecule has 0 aromatic heterocycles. The van der Waals surface area contributed by atoms with Crippen LogP contribution in [0, 0.1) is 6.92 Å². The molecule has 0 amide bonds. The van der Waals surface area contributed by atoms with Gasteiger partial charge in [0.2, 0.25) is 17.1 Å². The molecule has 4 aromatic rings. The van der Waals surface area contributed by atoms with E-state index in [1.165, 1.54) is 56.3 Å². The summed E-state index contributed by atoms with van der Waals surface area (Å²) in [5.74, 6) is 0. The van der Waals surface area contributed by atoms with Crippen molar-refractivity contribution >= 4 is 47.6 Å². The molecule has 3 aliphatic rings. The van der Waals surface area contributed by atoms with Gasteiger partial charge in [-0.3, -0.25) is 12.9 Å². The van der Waals surface area contributed by atoms with E-state index < -0.39 is 7.54 Å². The molecule has 0 unspecified atom stereocenters. The predicted molar refractivity (Wildman–Crippen MR) is 227 cm³/mol. The Bertz CT molecular complexity index is 2030. The topological polar surface area (TPSA) is 9.49 Å². The molecule has 4 aromatic carbocycles. The van der Waals surface area contributed by atoms with E-state index in [0.29, 0.717) is 0 Å². The van der Waals surface area contributed by atoms with Gasteiger partial charge in [0.05, 0.1) is 0 Å². The number of para-hydroxylation sites is 2. The summed E-state index contributed by atoms with van der Waals surface area (Å²) in [5.41, 5.74) is 15.2. The molecule has 3 nitrogen and oxygen atoms in total. The number of hydrogen-bond donors (Lipinski definition) is 0. The molecule has 1 saturated carbocycles. The number of hydrogen-bond acceptors (Lipinski definition) is 2. The van der Waals surface area contributed by atoms with Crippen LogP contribution in [0.3, 0.4) is 0 Å². The molecular formula is C46H51BClF4N3. The Hall–Kier alpha value is -4.82. The van der Waals surface area contributed by atoms with E-state index in [2.05, 4.69) is 178 Å². The van der Waals surface area contributed by atoms with E-state index in [1.54, 1.807) is 0 Å². The number of anilines is 2. The maximum atomic E-state index is 9.67. The number of rotatable bonds is 6. The highest BCUT2D eigenvalue weighted by Crippen LogP contribution is 2.50. The molecule has 0 saturated heterocycles. The predicted octanol–water partition coefficient (Wildman–Crippen LogP) is 10.1. The van der Waals surface area contributed by atoms with Crippen LogP contribution in [-0.2, 0) is 10.8 Å². The number of halogens is 5. The third-order valence-electron chi connectivity index (χ3n) is 10.9. The fourth-order valence-corrected chi connectivity index (χ4v) is 8.54. The fourth-order valence-electron chi connectivity index (χ4n) is 8.36. The second-order valence-electron chi connectivity index (χ2n) is 15.0. The number of likely N-dealkylation sites (N-methyl/N-ethyl adjacent to an activating group) is 2. The number of benzene rings is 4. The summed E-state index contributed by atoms with van der Waals surface area (Å²) < 4.78 is 31.5. The SMILES string of the molecule is CCN1C(=CC=C2CC/C(=C\C=C3\N(CC)c4ccc(C)cc4C3(C)C)C2=[N+](c2ccccc2)c2ccccc2)C(C)(C)c2cc(Cl)ccc21.FB(F)F.[2HH].[F-]. The largest absolute Gasteiger partial charge is 1.00 e. The summed E-state index contributed by atoms with van der Waals surface area (Å²) >= 11 is 6.53. The molecule has 9 heteroatoms. The Morgan fingerprint density at radius 2 is 1.09 bits per heavy atom. The van der Waals surface area contributed by atoms with Crippen molar-refractivity contribution in [1.82, 2.24) is 4.58 Å². The van der Waals surface area contributed by atoms with Crippen LogP contribution in [0.25, 0.3) is 0 Å². The van der Waals surface area contributed by atoms with Crippen LogP contribution in [0.5, 0.6) is 0 Å². The molecule has 1 aliphatic carbocycles. The second-order valence-corrected chi connectivity index (χ2v) is 15.4. The Morgan fingerprint density at radius 1 is 0.673 bits per heavy atom. The van der Waals surface area contributed by atoms with E-state index >= 15 is 0 Å². The van der Waals surface area contributed by atoms with Crippen molar-refractivity contribution in [2.45, 2.75) is 72.1 Å². The van der Waals surface area contributed by atoms with Gasteiger partial charge >= 0.3 is 7.54 Å². The van der Waals surface area contributed by atoms with Gasteiger partial charge in [-0.2, -0.15) is 4.58 Å². The smallest absolute Gasteiger partial charge is 0.762 e. The van der Waals surface area contributed by atoms with Gasteiger partial charge < -0.3 is 14.5 Å². The van der Waals surface area contributed by atoms with Crippen molar-refractivity contribution in [3.05, 3.63) is 166 Å². The molecule has 0 atom stereocenters. The highest BCUT2D eigenvalue weighted by molar-refractivity contribution is 6.33. The van der Waals surface area contributed by atoms with Gasteiger partial charge in [-0.15, -0.1) is 0 Å². The van der Waals surface area contributed by atoms with Crippen molar-refractivity contribution in [2.75, 3.05) is 22.9 Å². The van der Waals surface area contributed by atoms with Crippen molar-refractivity contribution < 1.29 is 19.1 Å². The second kappa shape index (κ2) is 16.9. The summed E-state index contributed by atoms with van der Waals surface area (Å²) in [6, 6.07) is 34.9. The van der Waals surface area contributed by atoms with Crippen LogP contribution in [0.1, 0.15) is 72.5 Å². The van der Waals surface area contributed by atoms with Crippen molar-refractivity contribution in [3.63, 3.8) is 0 Å². The van der Waals surface area contributed by atoms with E-state index in [1.807, 2.05) is 6.07 Å². The third-order valence-corrected chi connectivity index (χ3v) is 11.2. The minimum absolute atomic E-state index is 0. The monoisotopic (exact) mass is 768 g/mol. The zero-order chi connectivity index (χ0) is 38.8. The van der Waals surface area contributed by atoms with Gasteiger partial charge in [0.1, 0.15) is 0 Å². The third kappa shape index (κ3) is 8.11. The first-order chi connectivity index (χ1) is 25.8. The van der Waals surface area contributed by atoms with E-state index in [-0.39, 0.29) is 17.0 Å². The van der Waals surface area contributed by atoms with Gasteiger partial charge in [0.25, 0.3) is 0 Å². The maximum Gasteiger partial charge on any atom is 0.762 e. The summed E-state index contributed by atoms with van der Waals surface area (Å²) in [6.45, 7) is 17.9. The summed E-state index contributed by atoms with van der Waals surface area (Å²) in [7, 11) is -3.67. The van der Waals surface area contributed by atoms with Crippen LogP contribution < -0.4 is 19.1 Å². The molecule has 2 aliphatic heterocycles. The summed E-state index contributed by atoms with van der Waals surface area (Å²) in [6.07, 6.45) is 11.5. The highest BCUT2D eigenvalue weighted by atomic mass is 35.5. The molecule has 288 valence electrons. The molecule has 55 heavy (non-hydrogen) atoms. The zero-order valence-corrected chi connectivity index (χ0v) is 33.4. The molecular weight excluding hydrogens is 717 g/mol. The van der Waals surface area contributed by atoms with Crippen molar-refractivity contribution in [3.8, 4) is 0 Å². The number of fused-ring (bicyclic) bond motifs is 2. The minimum Gasteiger partial charge on any atom is -1.00 e. The molecule has 0 spiro atoms. The van der Waals surface area contributed by atoms with Gasteiger partial charge in [-0.25, -0.2) is 0 Å². The van der Waals surface area contributed by atoms with Gasteiger partial charge in [0.15, 0.2) is 0 Å². The van der Waals surface area contributed by atoms with Crippen LogP contribution in [0.4, 0.5) is 35.7 Å². The number of allylic oxidation sites excluding steroid dienone is 8. The summed E-state index contributed by atoms with van der Waals surface area (Å²) in [5, 5.41) is 0.787. The zero-order valence-electron chi connectivity index (χ0n) is 32.7.